The van der Waals surface area contributed by atoms with Crippen LogP contribution >= 0.6 is 0 Å². The van der Waals surface area contributed by atoms with Crippen LogP contribution in [-0.4, -0.2) is 35.1 Å². The number of aryl methyl sites for hydroxylation is 1. The number of aromatic nitrogens is 2. The number of nitrogens with zero attached hydrogens (tertiary/aromatic N) is 2. The molecule has 0 unspecified atom stereocenters. The van der Waals surface area contributed by atoms with Gasteiger partial charge >= 0.3 is 0 Å². The molecule has 0 aliphatic rings. The van der Waals surface area contributed by atoms with Gasteiger partial charge in [-0.2, -0.15) is 0 Å². The number of halogens is 1. The van der Waals surface area contributed by atoms with E-state index in [1.165, 1.54) is 7.11 Å². The molecule has 2 atom stereocenters. The maximum atomic E-state index is 14.3. The minimum absolute atomic E-state index is 0.0277. The summed E-state index contributed by atoms with van der Waals surface area (Å²) < 4.78 is 19.4. The number of pyridine rings is 2. The Balaban J connectivity index is 2.45. The molecular formula is C17H23FN6O2. The average molecular weight is 362 g/mol. The van der Waals surface area contributed by atoms with E-state index >= 15 is 0 Å². The smallest absolute Gasteiger partial charge is 0.252 e. The summed E-state index contributed by atoms with van der Waals surface area (Å²) in [4.78, 5) is 20.1. The van der Waals surface area contributed by atoms with E-state index in [-0.39, 0.29) is 29.3 Å². The minimum atomic E-state index is -0.802. The number of rotatable bonds is 7. The highest BCUT2D eigenvalue weighted by Crippen LogP contribution is 2.26. The van der Waals surface area contributed by atoms with Crippen LogP contribution in [0.25, 0.3) is 0 Å². The van der Waals surface area contributed by atoms with Gasteiger partial charge in [0.15, 0.2) is 11.6 Å². The molecule has 2 heterocycles. The molecule has 2 rings (SSSR count). The lowest BCUT2D eigenvalue weighted by molar-refractivity contribution is 0.100. The van der Waals surface area contributed by atoms with Crippen molar-refractivity contribution in [2.75, 3.05) is 17.7 Å². The predicted molar refractivity (Wildman–Crippen MR) is 98.3 cm³/mol. The maximum absolute atomic E-state index is 14.3. The zero-order chi connectivity index (χ0) is 19.4. The van der Waals surface area contributed by atoms with Gasteiger partial charge in [0.2, 0.25) is 5.88 Å². The highest BCUT2D eigenvalue weighted by Gasteiger charge is 2.18. The molecule has 0 bridgehead atoms. The summed E-state index contributed by atoms with van der Waals surface area (Å²) in [5, 5.41) is 5.87. The molecule has 8 nitrogen and oxygen atoms in total. The van der Waals surface area contributed by atoms with Gasteiger partial charge in [-0.3, -0.25) is 4.79 Å². The topological polar surface area (TPSA) is 128 Å². The first kappa shape index (κ1) is 19.4. The fourth-order valence-electron chi connectivity index (χ4n) is 2.17. The van der Waals surface area contributed by atoms with Crippen molar-refractivity contribution >= 4 is 23.2 Å². The number of ether oxygens (including phenoxy) is 1. The second-order valence-corrected chi connectivity index (χ2v) is 6.04. The standard InChI is InChI=1S/C17H23FN6O2/c1-8-5-11(6-14(21-8)26-4)23-16-12(15(20)25)7-13(18)17(24-16)22-10(3)9(2)19/h5-7,9-10H,19H2,1-4H3,(H2,20,25)(H2,21,22,23,24)/t9-,10+/m0/s1. The van der Waals surface area contributed by atoms with Crippen LogP contribution in [0.5, 0.6) is 5.88 Å². The number of carbonyl (C=O) groups is 1. The zero-order valence-electron chi connectivity index (χ0n) is 15.1. The van der Waals surface area contributed by atoms with Crippen LogP contribution in [0.4, 0.5) is 21.7 Å². The third-order valence-corrected chi connectivity index (χ3v) is 3.80. The molecule has 140 valence electrons. The fourth-order valence-corrected chi connectivity index (χ4v) is 2.17. The molecule has 0 saturated heterocycles. The molecule has 0 fully saturated rings. The lowest BCUT2D eigenvalue weighted by atomic mass is 10.1. The van der Waals surface area contributed by atoms with E-state index in [4.69, 9.17) is 16.2 Å². The molecule has 9 heteroatoms. The van der Waals surface area contributed by atoms with E-state index in [2.05, 4.69) is 20.6 Å². The largest absolute Gasteiger partial charge is 0.481 e. The maximum Gasteiger partial charge on any atom is 0.252 e. The Labute approximate surface area is 151 Å². The highest BCUT2D eigenvalue weighted by molar-refractivity contribution is 5.98. The van der Waals surface area contributed by atoms with Crippen LogP contribution in [0.3, 0.4) is 0 Å². The molecule has 0 aliphatic carbocycles. The van der Waals surface area contributed by atoms with E-state index in [0.29, 0.717) is 17.3 Å². The third kappa shape index (κ3) is 4.57. The van der Waals surface area contributed by atoms with Crippen molar-refractivity contribution in [3.8, 4) is 5.88 Å². The third-order valence-electron chi connectivity index (χ3n) is 3.80. The first-order valence-electron chi connectivity index (χ1n) is 8.03. The summed E-state index contributed by atoms with van der Waals surface area (Å²) in [5.74, 6) is -1.02. The summed E-state index contributed by atoms with van der Waals surface area (Å²) in [7, 11) is 1.49. The molecule has 0 spiro atoms. The van der Waals surface area contributed by atoms with E-state index < -0.39 is 11.7 Å². The molecule has 26 heavy (non-hydrogen) atoms. The monoisotopic (exact) mass is 362 g/mol. The van der Waals surface area contributed by atoms with Gasteiger partial charge in [-0.25, -0.2) is 14.4 Å². The Bertz CT molecular complexity index is 812. The van der Waals surface area contributed by atoms with E-state index in [0.717, 1.165) is 6.07 Å². The summed E-state index contributed by atoms with van der Waals surface area (Å²) in [6.45, 7) is 5.38. The number of nitrogens with one attached hydrogen (secondary N) is 2. The number of primary amides is 1. The van der Waals surface area contributed by atoms with E-state index in [9.17, 15) is 9.18 Å². The number of amides is 1. The van der Waals surface area contributed by atoms with E-state index in [1.54, 1.807) is 32.9 Å². The van der Waals surface area contributed by atoms with Crippen molar-refractivity contribution in [3.05, 3.63) is 35.3 Å². The highest BCUT2D eigenvalue weighted by atomic mass is 19.1. The molecule has 1 amide bonds. The normalized spacial score (nSPS) is 13.0. The molecule has 2 aromatic heterocycles. The number of hydrogen-bond donors (Lipinski definition) is 4. The molecule has 2 aromatic rings. The van der Waals surface area contributed by atoms with Crippen molar-refractivity contribution in [1.29, 1.82) is 0 Å². The number of nitrogens with two attached hydrogens (primary N) is 2. The van der Waals surface area contributed by atoms with Gasteiger partial charge in [-0.1, -0.05) is 0 Å². The molecule has 6 N–H and O–H groups in total. The Hall–Kier alpha value is -2.94. The fraction of sp³-hybridized carbons (Fsp3) is 0.353. The molecule has 0 saturated carbocycles. The van der Waals surface area contributed by atoms with Crippen molar-refractivity contribution in [3.63, 3.8) is 0 Å². The Morgan fingerprint density at radius 3 is 2.50 bits per heavy atom. The van der Waals surface area contributed by atoms with Crippen LogP contribution in [0, 0.1) is 12.7 Å². The zero-order valence-corrected chi connectivity index (χ0v) is 15.1. The Morgan fingerprint density at radius 2 is 1.92 bits per heavy atom. The average Bonchev–Trinajstić information content (AvgIpc) is 2.56. The molecule has 0 radical (unpaired) electrons. The van der Waals surface area contributed by atoms with Gasteiger partial charge in [0.05, 0.1) is 12.7 Å². The Kier molecular flexibility index (Phi) is 5.93. The number of anilines is 3. The van der Waals surface area contributed by atoms with E-state index in [1.807, 2.05) is 0 Å². The van der Waals surface area contributed by atoms with Gasteiger partial charge in [0, 0.05) is 29.5 Å². The predicted octanol–water partition coefficient (Wildman–Crippen LogP) is 1.92. The summed E-state index contributed by atoms with van der Waals surface area (Å²) >= 11 is 0. The van der Waals surface area contributed by atoms with Crippen LogP contribution < -0.4 is 26.8 Å². The summed E-state index contributed by atoms with van der Waals surface area (Å²) in [5.41, 5.74) is 12.3. The number of hydrogen-bond acceptors (Lipinski definition) is 7. The van der Waals surface area contributed by atoms with Gasteiger partial charge in [0.25, 0.3) is 5.91 Å². The summed E-state index contributed by atoms with van der Waals surface area (Å²) in [6.07, 6.45) is 0. The van der Waals surface area contributed by atoms with Crippen molar-refractivity contribution in [2.24, 2.45) is 11.5 Å². The van der Waals surface area contributed by atoms with Crippen molar-refractivity contribution in [1.82, 2.24) is 9.97 Å². The van der Waals surface area contributed by atoms with Crippen LogP contribution in [0.15, 0.2) is 18.2 Å². The van der Waals surface area contributed by atoms with Gasteiger partial charge < -0.3 is 26.8 Å². The van der Waals surface area contributed by atoms with Crippen molar-refractivity contribution < 1.29 is 13.9 Å². The SMILES string of the molecule is COc1cc(Nc2nc(N[C@H](C)[C@H](C)N)c(F)cc2C(N)=O)cc(C)n1. The van der Waals surface area contributed by atoms with Gasteiger partial charge in [0.1, 0.15) is 5.82 Å². The van der Waals surface area contributed by atoms with Crippen LogP contribution in [0.1, 0.15) is 29.9 Å². The van der Waals surface area contributed by atoms with Crippen LogP contribution in [-0.2, 0) is 0 Å². The quantitative estimate of drug-likeness (QED) is 0.592. The second kappa shape index (κ2) is 7.96. The molecular weight excluding hydrogens is 339 g/mol. The summed E-state index contributed by atoms with van der Waals surface area (Å²) in [6, 6.07) is 3.94. The Morgan fingerprint density at radius 1 is 1.23 bits per heavy atom. The lowest BCUT2D eigenvalue weighted by Gasteiger charge is -2.20. The number of methoxy groups -OCH3 is 1. The lowest BCUT2D eigenvalue weighted by Crippen LogP contribution is -2.35. The molecule has 0 aliphatic heterocycles. The number of carbonyl (C=O) groups excluding carboxylic acids is 1. The van der Waals surface area contributed by atoms with Gasteiger partial charge in [-0.05, 0) is 32.9 Å². The molecule has 0 aromatic carbocycles. The van der Waals surface area contributed by atoms with Gasteiger partial charge in [-0.15, -0.1) is 0 Å². The first-order chi connectivity index (χ1) is 12.2. The minimum Gasteiger partial charge on any atom is -0.481 e. The first-order valence-corrected chi connectivity index (χ1v) is 8.03. The van der Waals surface area contributed by atoms with Crippen LogP contribution in [0.2, 0.25) is 0 Å². The second-order valence-electron chi connectivity index (χ2n) is 6.04. The van der Waals surface area contributed by atoms with Crippen molar-refractivity contribution in [2.45, 2.75) is 32.9 Å².